The van der Waals surface area contributed by atoms with Crippen molar-refractivity contribution in [3.05, 3.63) is 30.3 Å². The Bertz CT molecular complexity index is 368. The number of rotatable bonds is 8. The van der Waals surface area contributed by atoms with Crippen molar-refractivity contribution in [3.8, 4) is 5.75 Å². The van der Waals surface area contributed by atoms with Crippen LogP contribution in [-0.4, -0.2) is 31.9 Å². The van der Waals surface area contributed by atoms with Gasteiger partial charge in [-0.1, -0.05) is 32.0 Å². The lowest BCUT2D eigenvalue weighted by molar-refractivity contribution is 0.0417. The van der Waals surface area contributed by atoms with Gasteiger partial charge >= 0.3 is 0 Å². The Hall–Kier alpha value is -1.06. The molecule has 0 unspecified atom stereocenters. The van der Waals surface area contributed by atoms with Gasteiger partial charge in [-0.05, 0) is 32.9 Å². The minimum absolute atomic E-state index is 0.125. The predicted octanol–water partition coefficient (Wildman–Crippen LogP) is 3.50. The second-order valence-corrected chi connectivity index (χ2v) is 6.98. The molecule has 0 heterocycles. The van der Waals surface area contributed by atoms with E-state index in [0.717, 1.165) is 18.9 Å². The van der Waals surface area contributed by atoms with Gasteiger partial charge < -0.3 is 14.8 Å². The molecule has 1 aromatic rings. The predicted molar refractivity (Wildman–Crippen MR) is 84.3 cm³/mol. The Labute approximate surface area is 123 Å². The molecule has 114 valence electrons. The second-order valence-electron chi connectivity index (χ2n) is 6.98. The monoisotopic (exact) mass is 279 g/mol. The molecule has 0 saturated heterocycles. The van der Waals surface area contributed by atoms with Crippen LogP contribution in [0.25, 0.3) is 0 Å². The van der Waals surface area contributed by atoms with Crippen LogP contribution in [0.4, 0.5) is 0 Å². The molecule has 0 spiro atoms. The SMILES string of the molecule is CC(C)(CNC(C)(C)C)COCCOc1ccccc1. The van der Waals surface area contributed by atoms with E-state index in [9.17, 15) is 0 Å². The van der Waals surface area contributed by atoms with Crippen LogP contribution in [-0.2, 0) is 4.74 Å². The van der Waals surface area contributed by atoms with Gasteiger partial charge in [0, 0.05) is 17.5 Å². The lowest BCUT2D eigenvalue weighted by atomic mass is 9.93. The first kappa shape index (κ1) is 17.0. The van der Waals surface area contributed by atoms with Gasteiger partial charge in [0.15, 0.2) is 0 Å². The van der Waals surface area contributed by atoms with Crippen LogP contribution in [0.3, 0.4) is 0 Å². The third-order valence-electron chi connectivity index (χ3n) is 2.83. The van der Waals surface area contributed by atoms with Gasteiger partial charge in [0.25, 0.3) is 0 Å². The summed E-state index contributed by atoms with van der Waals surface area (Å²) < 4.78 is 11.3. The van der Waals surface area contributed by atoms with Crippen LogP contribution in [0.5, 0.6) is 5.75 Å². The van der Waals surface area contributed by atoms with Crippen LogP contribution in [0.2, 0.25) is 0 Å². The van der Waals surface area contributed by atoms with Gasteiger partial charge in [0.2, 0.25) is 0 Å². The number of para-hydroxylation sites is 1. The molecule has 3 nitrogen and oxygen atoms in total. The highest BCUT2D eigenvalue weighted by Gasteiger charge is 2.21. The fourth-order valence-electron chi connectivity index (χ4n) is 1.64. The summed E-state index contributed by atoms with van der Waals surface area (Å²) in [5, 5.41) is 3.52. The van der Waals surface area contributed by atoms with E-state index in [2.05, 4.69) is 39.9 Å². The van der Waals surface area contributed by atoms with Crippen molar-refractivity contribution in [2.75, 3.05) is 26.4 Å². The number of hydrogen-bond donors (Lipinski definition) is 1. The average Bonchev–Trinajstić information content (AvgIpc) is 2.37. The first-order valence-electron chi connectivity index (χ1n) is 7.29. The Balaban J connectivity index is 2.13. The van der Waals surface area contributed by atoms with Gasteiger partial charge in [-0.25, -0.2) is 0 Å². The smallest absolute Gasteiger partial charge is 0.119 e. The molecular weight excluding hydrogens is 250 g/mol. The third-order valence-corrected chi connectivity index (χ3v) is 2.83. The number of nitrogens with one attached hydrogen (secondary N) is 1. The Morgan fingerprint density at radius 3 is 2.20 bits per heavy atom. The molecule has 0 bridgehead atoms. The first-order chi connectivity index (χ1) is 9.29. The lowest BCUT2D eigenvalue weighted by Crippen LogP contribution is -2.43. The molecule has 1 aromatic carbocycles. The minimum Gasteiger partial charge on any atom is -0.491 e. The van der Waals surface area contributed by atoms with Crippen LogP contribution >= 0.6 is 0 Å². The highest BCUT2D eigenvalue weighted by Crippen LogP contribution is 2.16. The molecule has 0 saturated carbocycles. The second kappa shape index (κ2) is 7.65. The summed E-state index contributed by atoms with van der Waals surface area (Å²) in [5.74, 6) is 0.893. The third kappa shape index (κ3) is 8.18. The van der Waals surface area contributed by atoms with Crippen molar-refractivity contribution in [1.29, 1.82) is 0 Å². The summed E-state index contributed by atoms with van der Waals surface area (Å²) in [5.41, 5.74) is 0.272. The van der Waals surface area contributed by atoms with E-state index in [1.54, 1.807) is 0 Å². The molecular formula is C17H29NO2. The van der Waals surface area contributed by atoms with E-state index in [4.69, 9.17) is 9.47 Å². The maximum absolute atomic E-state index is 5.72. The Morgan fingerprint density at radius 1 is 0.950 bits per heavy atom. The maximum Gasteiger partial charge on any atom is 0.119 e. The molecule has 20 heavy (non-hydrogen) atoms. The zero-order valence-electron chi connectivity index (χ0n) is 13.5. The van der Waals surface area contributed by atoms with Gasteiger partial charge in [0.05, 0.1) is 13.2 Å². The van der Waals surface area contributed by atoms with Crippen LogP contribution in [0.15, 0.2) is 30.3 Å². The zero-order valence-corrected chi connectivity index (χ0v) is 13.5. The molecule has 0 aliphatic rings. The van der Waals surface area contributed by atoms with E-state index in [0.29, 0.717) is 13.2 Å². The standard InChI is InChI=1S/C17H29NO2/c1-16(2,3)18-13-17(4,5)14-19-11-12-20-15-9-7-6-8-10-15/h6-10,18H,11-14H2,1-5H3. The molecule has 0 radical (unpaired) electrons. The van der Waals surface area contributed by atoms with E-state index in [1.165, 1.54) is 0 Å². The molecule has 0 aliphatic heterocycles. The summed E-state index contributed by atoms with van der Waals surface area (Å²) in [4.78, 5) is 0. The van der Waals surface area contributed by atoms with Crippen molar-refractivity contribution >= 4 is 0 Å². The normalized spacial score (nSPS) is 12.4. The van der Waals surface area contributed by atoms with Gasteiger partial charge in [0.1, 0.15) is 12.4 Å². The Morgan fingerprint density at radius 2 is 1.60 bits per heavy atom. The number of benzene rings is 1. The van der Waals surface area contributed by atoms with Crippen LogP contribution in [0, 0.1) is 5.41 Å². The van der Waals surface area contributed by atoms with Crippen molar-refractivity contribution in [3.63, 3.8) is 0 Å². The van der Waals surface area contributed by atoms with Crippen LogP contribution < -0.4 is 10.1 Å². The number of ether oxygens (including phenoxy) is 2. The number of hydrogen-bond acceptors (Lipinski definition) is 3. The molecule has 0 amide bonds. The molecule has 0 fully saturated rings. The van der Waals surface area contributed by atoms with Gasteiger partial charge in [-0.2, -0.15) is 0 Å². The maximum atomic E-state index is 5.72. The fraction of sp³-hybridized carbons (Fsp3) is 0.647. The lowest BCUT2D eigenvalue weighted by Gasteiger charge is -2.30. The first-order valence-corrected chi connectivity index (χ1v) is 7.29. The van der Waals surface area contributed by atoms with E-state index >= 15 is 0 Å². The van der Waals surface area contributed by atoms with Crippen molar-refractivity contribution < 1.29 is 9.47 Å². The topological polar surface area (TPSA) is 30.5 Å². The molecule has 0 aromatic heterocycles. The molecule has 1 rings (SSSR count). The Kier molecular flexibility index (Phi) is 6.50. The molecule has 0 aliphatic carbocycles. The van der Waals surface area contributed by atoms with Gasteiger partial charge in [-0.15, -0.1) is 0 Å². The van der Waals surface area contributed by atoms with Crippen LogP contribution in [0.1, 0.15) is 34.6 Å². The average molecular weight is 279 g/mol. The van der Waals surface area contributed by atoms with E-state index in [1.807, 2.05) is 30.3 Å². The minimum atomic E-state index is 0.125. The molecule has 3 heteroatoms. The quantitative estimate of drug-likeness (QED) is 0.739. The highest BCUT2D eigenvalue weighted by atomic mass is 16.5. The summed E-state index contributed by atoms with van der Waals surface area (Å²) in [6, 6.07) is 9.83. The van der Waals surface area contributed by atoms with E-state index < -0.39 is 0 Å². The summed E-state index contributed by atoms with van der Waals surface area (Å²) in [7, 11) is 0. The zero-order chi connectivity index (χ0) is 15.1. The summed E-state index contributed by atoms with van der Waals surface area (Å²) in [6.07, 6.45) is 0. The molecule has 1 N–H and O–H groups in total. The van der Waals surface area contributed by atoms with Crippen molar-refractivity contribution in [2.45, 2.75) is 40.2 Å². The van der Waals surface area contributed by atoms with E-state index in [-0.39, 0.29) is 11.0 Å². The van der Waals surface area contributed by atoms with Crippen molar-refractivity contribution in [2.24, 2.45) is 5.41 Å². The fourth-order valence-corrected chi connectivity index (χ4v) is 1.64. The van der Waals surface area contributed by atoms with Gasteiger partial charge in [-0.3, -0.25) is 0 Å². The summed E-state index contributed by atoms with van der Waals surface area (Å²) in [6.45, 7) is 13.8. The summed E-state index contributed by atoms with van der Waals surface area (Å²) >= 11 is 0. The van der Waals surface area contributed by atoms with Crippen molar-refractivity contribution in [1.82, 2.24) is 5.32 Å². The largest absolute Gasteiger partial charge is 0.491 e. The molecule has 0 atom stereocenters. The highest BCUT2D eigenvalue weighted by molar-refractivity contribution is 5.20.